The molecule has 0 aliphatic carbocycles. The summed E-state index contributed by atoms with van der Waals surface area (Å²) in [7, 11) is 2.16. The van der Waals surface area contributed by atoms with E-state index in [1.54, 1.807) is 0 Å². The van der Waals surface area contributed by atoms with E-state index >= 15 is 0 Å². The second kappa shape index (κ2) is 3.04. The number of fused-ring (bicyclic) bond motifs is 1. The van der Waals surface area contributed by atoms with E-state index in [-0.39, 0.29) is 0 Å². The lowest BCUT2D eigenvalue weighted by molar-refractivity contribution is 0.312. The van der Waals surface area contributed by atoms with Crippen LogP contribution in [0.15, 0.2) is 12.1 Å². The van der Waals surface area contributed by atoms with Crippen molar-refractivity contribution in [3.63, 3.8) is 0 Å². The largest absolute Gasteiger partial charge is 0.399 e. The van der Waals surface area contributed by atoms with Crippen LogP contribution in [0, 0.1) is 6.92 Å². The molecule has 1 heterocycles. The monoisotopic (exact) mass is 176 g/mol. The lowest BCUT2D eigenvalue weighted by Crippen LogP contribution is -2.27. The van der Waals surface area contributed by atoms with Crippen molar-refractivity contribution in [1.29, 1.82) is 0 Å². The molecular formula is C11H16N2. The molecule has 1 aliphatic rings. The van der Waals surface area contributed by atoms with Crippen LogP contribution in [-0.2, 0) is 13.0 Å². The molecule has 0 radical (unpaired) electrons. The summed E-state index contributed by atoms with van der Waals surface area (Å²) in [5.41, 5.74) is 11.0. The fourth-order valence-corrected chi connectivity index (χ4v) is 1.95. The van der Waals surface area contributed by atoms with Gasteiger partial charge in [-0.3, -0.25) is 0 Å². The number of rotatable bonds is 0. The number of nitrogens with two attached hydrogens (primary N) is 1. The third-order valence-electron chi connectivity index (χ3n) is 2.93. The van der Waals surface area contributed by atoms with Crippen LogP contribution in [0.2, 0.25) is 0 Å². The molecule has 0 atom stereocenters. The molecular weight excluding hydrogens is 160 g/mol. The summed E-state index contributed by atoms with van der Waals surface area (Å²) in [6, 6.07) is 4.20. The maximum Gasteiger partial charge on any atom is 0.0347 e. The normalized spacial score (nSPS) is 17.1. The molecule has 0 bridgehead atoms. The van der Waals surface area contributed by atoms with Gasteiger partial charge in [0.25, 0.3) is 0 Å². The molecule has 1 aromatic carbocycles. The van der Waals surface area contributed by atoms with Gasteiger partial charge in [-0.05, 0) is 43.1 Å². The number of nitrogen functional groups attached to an aromatic ring is 1. The lowest BCUT2D eigenvalue weighted by Gasteiger charge is -2.26. The van der Waals surface area contributed by atoms with E-state index < -0.39 is 0 Å². The molecule has 0 saturated heterocycles. The number of anilines is 1. The average molecular weight is 176 g/mol. The molecule has 70 valence electrons. The van der Waals surface area contributed by atoms with Gasteiger partial charge in [-0.25, -0.2) is 0 Å². The van der Waals surface area contributed by atoms with E-state index in [0.29, 0.717) is 0 Å². The van der Waals surface area contributed by atoms with Crippen LogP contribution in [-0.4, -0.2) is 18.5 Å². The summed E-state index contributed by atoms with van der Waals surface area (Å²) in [6.45, 7) is 4.33. The number of hydrogen-bond acceptors (Lipinski definition) is 2. The van der Waals surface area contributed by atoms with Gasteiger partial charge in [-0.15, -0.1) is 0 Å². The minimum atomic E-state index is 0.925. The van der Waals surface area contributed by atoms with Gasteiger partial charge in [-0.1, -0.05) is 6.07 Å². The smallest absolute Gasteiger partial charge is 0.0347 e. The van der Waals surface area contributed by atoms with Crippen LogP contribution in [0.3, 0.4) is 0 Å². The molecule has 0 saturated carbocycles. The molecule has 0 spiro atoms. The Kier molecular flexibility index (Phi) is 2.00. The third kappa shape index (κ3) is 1.42. The maximum atomic E-state index is 5.87. The highest BCUT2D eigenvalue weighted by Crippen LogP contribution is 2.25. The zero-order chi connectivity index (χ0) is 9.42. The van der Waals surface area contributed by atoms with E-state index in [1.165, 1.54) is 16.7 Å². The Morgan fingerprint density at radius 1 is 1.38 bits per heavy atom. The molecule has 1 aromatic rings. The van der Waals surface area contributed by atoms with Crippen molar-refractivity contribution in [2.24, 2.45) is 0 Å². The van der Waals surface area contributed by atoms with Gasteiger partial charge in [0.2, 0.25) is 0 Å². The van der Waals surface area contributed by atoms with Crippen LogP contribution in [0.4, 0.5) is 5.69 Å². The molecule has 0 amide bonds. The Bertz CT molecular complexity index is 331. The first-order valence-corrected chi connectivity index (χ1v) is 4.74. The lowest BCUT2D eigenvalue weighted by atomic mass is 9.95. The van der Waals surface area contributed by atoms with Crippen LogP contribution in [0.1, 0.15) is 16.7 Å². The summed E-state index contributed by atoms with van der Waals surface area (Å²) < 4.78 is 0. The van der Waals surface area contributed by atoms with Gasteiger partial charge >= 0.3 is 0 Å². The van der Waals surface area contributed by atoms with Gasteiger partial charge in [0, 0.05) is 18.8 Å². The molecule has 2 nitrogen and oxygen atoms in total. The maximum absolute atomic E-state index is 5.87. The minimum Gasteiger partial charge on any atom is -0.399 e. The zero-order valence-corrected chi connectivity index (χ0v) is 8.30. The molecule has 13 heavy (non-hydrogen) atoms. The van der Waals surface area contributed by atoms with E-state index in [9.17, 15) is 0 Å². The first-order chi connectivity index (χ1) is 6.18. The second-order valence-corrected chi connectivity index (χ2v) is 3.91. The van der Waals surface area contributed by atoms with Crippen molar-refractivity contribution in [2.45, 2.75) is 19.9 Å². The first kappa shape index (κ1) is 8.57. The Hall–Kier alpha value is -1.02. The summed E-state index contributed by atoms with van der Waals surface area (Å²) >= 11 is 0. The molecule has 0 fully saturated rings. The predicted molar refractivity (Wildman–Crippen MR) is 55.6 cm³/mol. The van der Waals surface area contributed by atoms with E-state index in [2.05, 4.69) is 24.9 Å². The molecule has 2 N–H and O–H groups in total. The van der Waals surface area contributed by atoms with E-state index in [0.717, 1.165) is 25.2 Å². The topological polar surface area (TPSA) is 29.3 Å². The zero-order valence-electron chi connectivity index (χ0n) is 8.30. The molecule has 2 heteroatoms. The van der Waals surface area contributed by atoms with Crippen molar-refractivity contribution >= 4 is 5.69 Å². The molecule has 0 aromatic heterocycles. The first-order valence-electron chi connectivity index (χ1n) is 4.74. The van der Waals surface area contributed by atoms with E-state index in [4.69, 9.17) is 5.73 Å². The molecule has 1 aliphatic heterocycles. The van der Waals surface area contributed by atoms with Crippen LogP contribution in [0.25, 0.3) is 0 Å². The van der Waals surface area contributed by atoms with Crippen LogP contribution < -0.4 is 5.73 Å². The summed E-state index contributed by atoms with van der Waals surface area (Å²) in [6.07, 6.45) is 1.16. The number of benzene rings is 1. The summed E-state index contributed by atoms with van der Waals surface area (Å²) in [4.78, 5) is 2.34. The molecule has 2 rings (SSSR count). The highest BCUT2D eigenvalue weighted by Gasteiger charge is 2.15. The second-order valence-electron chi connectivity index (χ2n) is 3.91. The van der Waals surface area contributed by atoms with E-state index in [1.807, 2.05) is 6.07 Å². The number of nitrogens with zero attached hydrogens (tertiary/aromatic N) is 1. The Morgan fingerprint density at radius 2 is 2.15 bits per heavy atom. The van der Waals surface area contributed by atoms with Gasteiger partial charge in [0.05, 0.1) is 0 Å². The third-order valence-corrected chi connectivity index (χ3v) is 2.93. The minimum absolute atomic E-state index is 0.925. The van der Waals surface area contributed by atoms with Crippen molar-refractivity contribution in [1.82, 2.24) is 4.90 Å². The van der Waals surface area contributed by atoms with Crippen molar-refractivity contribution < 1.29 is 0 Å². The van der Waals surface area contributed by atoms with Gasteiger partial charge < -0.3 is 10.6 Å². The number of hydrogen-bond donors (Lipinski definition) is 1. The average Bonchev–Trinajstić information content (AvgIpc) is 2.12. The predicted octanol–water partition coefficient (Wildman–Crippen LogP) is 1.57. The van der Waals surface area contributed by atoms with Gasteiger partial charge in [-0.2, -0.15) is 0 Å². The van der Waals surface area contributed by atoms with Gasteiger partial charge in [0.15, 0.2) is 0 Å². The fraction of sp³-hybridized carbons (Fsp3) is 0.455. The summed E-state index contributed by atoms with van der Waals surface area (Å²) in [5.74, 6) is 0. The SMILES string of the molecule is Cc1c(N)ccc2c1CN(C)CC2. The Balaban J connectivity index is 2.48. The standard InChI is InChI=1S/C11H16N2/c1-8-10-7-13(2)6-5-9(10)3-4-11(8)12/h3-4H,5-7,12H2,1-2H3. The highest BCUT2D eigenvalue weighted by molar-refractivity contribution is 5.53. The van der Waals surface area contributed by atoms with Crippen LogP contribution in [0.5, 0.6) is 0 Å². The quantitative estimate of drug-likeness (QED) is 0.608. The van der Waals surface area contributed by atoms with Crippen LogP contribution >= 0.6 is 0 Å². The van der Waals surface area contributed by atoms with Gasteiger partial charge in [0.1, 0.15) is 0 Å². The van der Waals surface area contributed by atoms with Crippen molar-refractivity contribution in [3.05, 3.63) is 28.8 Å². The highest BCUT2D eigenvalue weighted by atomic mass is 15.1. The fourth-order valence-electron chi connectivity index (χ4n) is 1.95. The molecule has 0 unspecified atom stereocenters. The van der Waals surface area contributed by atoms with Crippen molar-refractivity contribution in [2.75, 3.05) is 19.3 Å². The number of likely N-dealkylation sites (N-methyl/N-ethyl adjacent to an activating group) is 1. The Morgan fingerprint density at radius 3 is 2.92 bits per heavy atom. The summed E-state index contributed by atoms with van der Waals surface area (Å²) in [5, 5.41) is 0. The Labute approximate surface area is 79.4 Å². The van der Waals surface area contributed by atoms with Crippen molar-refractivity contribution in [3.8, 4) is 0 Å².